The molecule has 0 atom stereocenters. The summed E-state index contributed by atoms with van der Waals surface area (Å²) in [5.74, 6) is 0.699. The van der Waals surface area contributed by atoms with Crippen molar-refractivity contribution in [1.82, 2.24) is 9.88 Å². The number of hydrogen-bond acceptors (Lipinski definition) is 2. The maximum absolute atomic E-state index is 12.4. The number of aromatic nitrogens is 1. The van der Waals surface area contributed by atoms with Gasteiger partial charge in [0.15, 0.2) is 0 Å². The molecule has 0 aliphatic heterocycles. The molecule has 2 aromatic rings. The van der Waals surface area contributed by atoms with Crippen LogP contribution in [-0.2, 0) is 0 Å². The fourth-order valence-electron chi connectivity index (χ4n) is 2.08. The number of aromatic amines is 1. The number of ether oxygens (including phenoxy) is 1. The molecule has 1 aromatic carbocycles. The fourth-order valence-corrected chi connectivity index (χ4v) is 2.08. The van der Waals surface area contributed by atoms with Crippen LogP contribution in [0, 0.1) is 0 Å². The zero-order valence-electron chi connectivity index (χ0n) is 11.6. The van der Waals surface area contributed by atoms with E-state index in [0.29, 0.717) is 18.8 Å². The predicted molar refractivity (Wildman–Crippen MR) is 81.1 cm³/mol. The third kappa shape index (κ3) is 2.74. The third-order valence-corrected chi connectivity index (χ3v) is 3.04. The number of rotatable bonds is 6. The summed E-state index contributed by atoms with van der Waals surface area (Å²) in [6.45, 7) is 8.32. The van der Waals surface area contributed by atoms with Crippen molar-refractivity contribution in [3.63, 3.8) is 0 Å². The van der Waals surface area contributed by atoms with Crippen LogP contribution in [0.5, 0.6) is 5.75 Å². The summed E-state index contributed by atoms with van der Waals surface area (Å²) in [6.07, 6.45) is 3.40. The minimum Gasteiger partial charge on any atom is -0.497 e. The Morgan fingerprint density at radius 1 is 1.30 bits per heavy atom. The number of nitrogens with zero attached hydrogens (tertiary/aromatic N) is 1. The molecule has 0 radical (unpaired) electrons. The van der Waals surface area contributed by atoms with Crippen LogP contribution in [0.2, 0.25) is 0 Å². The summed E-state index contributed by atoms with van der Waals surface area (Å²) in [5.41, 5.74) is 1.46. The number of amides is 1. The molecule has 0 fully saturated rings. The first-order chi connectivity index (χ1) is 9.69. The fraction of sp³-hybridized carbons (Fsp3) is 0.188. The van der Waals surface area contributed by atoms with E-state index in [1.807, 2.05) is 24.3 Å². The molecule has 0 saturated heterocycles. The van der Waals surface area contributed by atoms with Gasteiger partial charge in [-0.05, 0) is 24.3 Å². The first kappa shape index (κ1) is 13.9. The van der Waals surface area contributed by atoms with Crippen molar-refractivity contribution in [3.05, 3.63) is 55.3 Å². The average Bonchev–Trinajstić information content (AvgIpc) is 2.89. The number of methoxy groups -OCH3 is 1. The molecule has 1 aromatic heterocycles. The van der Waals surface area contributed by atoms with Gasteiger partial charge in [-0.2, -0.15) is 0 Å². The van der Waals surface area contributed by atoms with Gasteiger partial charge in [-0.1, -0.05) is 12.2 Å². The van der Waals surface area contributed by atoms with E-state index < -0.39 is 0 Å². The van der Waals surface area contributed by atoms with E-state index in [1.165, 1.54) is 0 Å². The van der Waals surface area contributed by atoms with Gasteiger partial charge >= 0.3 is 0 Å². The summed E-state index contributed by atoms with van der Waals surface area (Å²) in [6, 6.07) is 7.49. The lowest BCUT2D eigenvalue weighted by Gasteiger charge is -2.18. The zero-order chi connectivity index (χ0) is 14.5. The highest BCUT2D eigenvalue weighted by Crippen LogP contribution is 2.22. The van der Waals surface area contributed by atoms with E-state index in [9.17, 15) is 4.79 Å². The summed E-state index contributed by atoms with van der Waals surface area (Å²) in [7, 11) is 1.62. The molecule has 0 spiro atoms. The lowest BCUT2D eigenvalue weighted by Crippen LogP contribution is -2.31. The van der Waals surface area contributed by atoms with Crippen LogP contribution in [0.25, 0.3) is 10.9 Å². The van der Waals surface area contributed by atoms with Crippen molar-refractivity contribution in [2.45, 2.75) is 0 Å². The average molecular weight is 270 g/mol. The second-order valence-electron chi connectivity index (χ2n) is 4.42. The number of fused-ring (bicyclic) bond motifs is 1. The molecule has 20 heavy (non-hydrogen) atoms. The van der Waals surface area contributed by atoms with Gasteiger partial charge in [0.05, 0.1) is 7.11 Å². The molecule has 1 amide bonds. The second-order valence-corrected chi connectivity index (χ2v) is 4.42. The number of carbonyl (C=O) groups is 1. The van der Waals surface area contributed by atoms with Crippen LogP contribution in [0.15, 0.2) is 49.6 Å². The van der Waals surface area contributed by atoms with Crippen LogP contribution in [0.3, 0.4) is 0 Å². The van der Waals surface area contributed by atoms with Gasteiger partial charge in [0, 0.05) is 24.0 Å². The van der Waals surface area contributed by atoms with E-state index in [-0.39, 0.29) is 5.91 Å². The molecule has 0 bridgehead atoms. The van der Waals surface area contributed by atoms with Crippen molar-refractivity contribution in [3.8, 4) is 5.75 Å². The largest absolute Gasteiger partial charge is 0.497 e. The van der Waals surface area contributed by atoms with Crippen molar-refractivity contribution < 1.29 is 9.53 Å². The normalized spacial score (nSPS) is 10.2. The monoisotopic (exact) mass is 270 g/mol. The van der Waals surface area contributed by atoms with Crippen molar-refractivity contribution >= 4 is 16.8 Å². The van der Waals surface area contributed by atoms with E-state index in [1.54, 1.807) is 24.2 Å². The van der Waals surface area contributed by atoms with Gasteiger partial charge in [0.2, 0.25) is 0 Å². The molecule has 1 heterocycles. The van der Waals surface area contributed by atoms with Crippen LogP contribution < -0.4 is 4.74 Å². The van der Waals surface area contributed by atoms with E-state index in [0.717, 1.165) is 16.7 Å². The lowest BCUT2D eigenvalue weighted by molar-refractivity contribution is 0.0786. The van der Waals surface area contributed by atoms with E-state index in [2.05, 4.69) is 18.1 Å². The van der Waals surface area contributed by atoms with Crippen LogP contribution in [0.4, 0.5) is 0 Å². The molecule has 1 N–H and O–H groups in total. The van der Waals surface area contributed by atoms with E-state index >= 15 is 0 Å². The Bertz CT molecular complexity index is 633. The Labute approximate surface area is 118 Å². The zero-order valence-corrected chi connectivity index (χ0v) is 11.6. The van der Waals surface area contributed by atoms with Gasteiger partial charge in [0.25, 0.3) is 5.91 Å². The quantitative estimate of drug-likeness (QED) is 0.820. The Morgan fingerprint density at radius 3 is 2.60 bits per heavy atom. The molecule has 0 aliphatic rings. The number of hydrogen-bond donors (Lipinski definition) is 1. The van der Waals surface area contributed by atoms with E-state index in [4.69, 9.17) is 4.74 Å². The summed E-state index contributed by atoms with van der Waals surface area (Å²) >= 11 is 0. The lowest BCUT2D eigenvalue weighted by atomic mass is 10.2. The van der Waals surface area contributed by atoms with Crippen molar-refractivity contribution in [2.24, 2.45) is 0 Å². The summed E-state index contributed by atoms with van der Waals surface area (Å²) < 4.78 is 5.18. The molecule has 0 saturated carbocycles. The number of benzene rings is 1. The minimum atomic E-state index is -0.0695. The molecule has 0 aliphatic carbocycles. The maximum atomic E-state index is 12.4. The molecule has 4 nitrogen and oxygen atoms in total. The Kier molecular flexibility index (Phi) is 4.25. The van der Waals surface area contributed by atoms with Crippen molar-refractivity contribution in [1.29, 1.82) is 0 Å². The number of nitrogens with one attached hydrogen (secondary N) is 1. The standard InChI is InChI=1S/C16H18N2O2/c1-4-8-18(9-5-2)16(19)15-11-12-10-13(20-3)6-7-14(12)17-15/h4-7,10-11,17H,1-2,8-9H2,3H3. The Balaban J connectivity index is 2.33. The smallest absolute Gasteiger partial charge is 0.270 e. The van der Waals surface area contributed by atoms with Gasteiger partial charge < -0.3 is 14.6 Å². The summed E-state index contributed by atoms with van der Waals surface area (Å²) in [4.78, 5) is 17.2. The number of H-pyrrole nitrogens is 1. The van der Waals surface area contributed by atoms with Gasteiger partial charge in [-0.15, -0.1) is 13.2 Å². The third-order valence-electron chi connectivity index (χ3n) is 3.04. The second kappa shape index (κ2) is 6.10. The SMILES string of the molecule is C=CCN(CC=C)C(=O)c1cc2cc(OC)ccc2[nH]1. The van der Waals surface area contributed by atoms with Gasteiger partial charge in [-0.25, -0.2) is 0 Å². The minimum absolute atomic E-state index is 0.0695. The Morgan fingerprint density at radius 2 is 2.00 bits per heavy atom. The number of carbonyl (C=O) groups excluding carboxylic acids is 1. The van der Waals surface area contributed by atoms with Crippen LogP contribution in [-0.4, -0.2) is 36.0 Å². The predicted octanol–water partition coefficient (Wildman–Crippen LogP) is 2.99. The topological polar surface area (TPSA) is 45.3 Å². The molecular formula is C16H18N2O2. The Hall–Kier alpha value is -2.49. The first-order valence-electron chi connectivity index (χ1n) is 6.37. The molecule has 104 valence electrons. The first-order valence-corrected chi connectivity index (χ1v) is 6.37. The molecule has 2 rings (SSSR count). The van der Waals surface area contributed by atoms with Crippen molar-refractivity contribution in [2.75, 3.05) is 20.2 Å². The molecular weight excluding hydrogens is 252 g/mol. The summed E-state index contributed by atoms with van der Waals surface area (Å²) in [5, 5.41) is 0.949. The van der Waals surface area contributed by atoms with Crippen LogP contribution in [0.1, 0.15) is 10.5 Å². The molecule has 0 unspecified atom stereocenters. The van der Waals surface area contributed by atoms with Crippen LogP contribution >= 0.6 is 0 Å². The molecule has 4 heteroatoms. The highest BCUT2D eigenvalue weighted by Gasteiger charge is 2.15. The maximum Gasteiger partial charge on any atom is 0.270 e. The highest BCUT2D eigenvalue weighted by molar-refractivity contribution is 5.98. The highest BCUT2D eigenvalue weighted by atomic mass is 16.5. The van der Waals surface area contributed by atoms with Gasteiger partial charge in [0.1, 0.15) is 11.4 Å². The van der Waals surface area contributed by atoms with Gasteiger partial charge in [-0.3, -0.25) is 4.79 Å².